The van der Waals surface area contributed by atoms with E-state index < -0.39 is 17.7 Å². The minimum Gasteiger partial charge on any atom is -0.507 e. The summed E-state index contributed by atoms with van der Waals surface area (Å²) in [4.78, 5) is 35.9. The molecular formula is C22H24N6O3. The number of aliphatic hydroxyl groups excluding tert-OH is 1. The highest BCUT2D eigenvalue weighted by molar-refractivity contribution is 6.46. The van der Waals surface area contributed by atoms with Crippen LogP contribution in [0.15, 0.2) is 48.7 Å². The molecule has 3 aromatic heterocycles. The molecule has 1 N–H and O–H groups in total. The topological polar surface area (TPSA) is 106 Å². The lowest BCUT2D eigenvalue weighted by Crippen LogP contribution is -2.31. The highest BCUT2D eigenvalue weighted by Gasteiger charge is 2.46. The van der Waals surface area contributed by atoms with Crippen LogP contribution in [0.25, 0.3) is 5.76 Å². The van der Waals surface area contributed by atoms with Crippen LogP contribution < -0.4 is 0 Å². The average molecular weight is 420 g/mol. The highest BCUT2D eigenvalue weighted by Crippen LogP contribution is 2.39. The second-order valence-corrected chi connectivity index (χ2v) is 7.57. The van der Waals surface area contributed by atoms with E-state index in [-0.39, 0.29) is 11.3 Å². The van der Waals surface area contributed by atoms with Crippen LogP contribution in [-0.4, -0.2) is 52.6 Å². The van der Waals surface area contributed by atoms with E-state index in [2.05, 4.69) is 15.1 Å². The molecular weight excluding hydrogens is 396 g/mol. The molecule has 9 nitrogen and oxygen atoms in total. The van der Waals surface area contributed by atoms with E-state index in [1.54, 1.807) is 55.6 Å². The molecule has 3 aromatic rings. The summed E-state index contributed by atoms with van der Waals surface area (Å²) >= 11 is 0. The number of rotatable bonds is 6. The predicted octanol–water partition coefficient (Wildman–Crippen LogP) is 2.14. The summed E-state index contributed by atoms with van der Waals surface area (Å²) in [5, 5.41) is 15.5. The zero-order valence-electron chi connectivity index (χ0n) is 17.7. The van der Waals surface area contributed by atoms with Crippen molar-refractivity contribution in [1.29, 1.82) is 0 Å². The second-order valence-electron chi connectivity index (χ2n) is 7.57. The maximum absolute atomic E-state index is 13.1. The van der Waals surface area contributed by atoms with Gasteiger partial charge in [-0.05, 0) is 32.4 Å². The first kappa shape index (κ1) is 20.5. The van der Waals surface area contributed by atoms with Crippen molar-refractivity contribution in [3.05, 3.63) is 71.3 Å². The Morgan fingerprint density at radius 3 is 2.58 bits per heavy atom. The first-order valence-corrected chi connectivity index (χ1v) is 10.1. The Morgan fingerprint density at radius 2 is 1.97 bits per heavy atom. The summed E-state index contributed by atoms with van der Waals surface area (Å²) in [5.74, 6) is -1.56. The van der Waals surface area contributed by atoms with Gasteiger partial charge < -0.3 is 14.6 Å². The Hall–Kier alpha value is -3.75. The molecule has 31 heavy (non-hydrogen) atoms. The largest absolute Gasteiger partial charge is 0.507 e. The molecule has 1 atom stereocenters. The number of hydrogen-bond acceptors (Lipinski definition) is 6. The predicted molar refractivity (Wildman–Crippen MR) is 113 cm³/mol. The van der Waals surface area contributed by atoms with Crippen LogP contribution in [0.3, 0.4) is 0 Å². The summed E-state index contributed by atoms with van der Waals surface area (Å²) in [6.45, 7) is 4.57. The summed E-state index contributed by atoms with van der Waals surface area (Å²) < 4.78 is 3.55. The number of ketones is 1. The van der Waals surface area contributed by atoms with Crippen molar-refractivity contribution in [2.45, 2.75) is 32.9 Å². The number of carbonyl (C=O) groups is 2. The Kier molecular flexibility index (Phi) is 5.41. The molecule has 1 fully saturated rings. The number of aliphatic hydroxyl groups is 1. The van der Waals surface area contributed by atoms with Crippen LogP contribution in [0.4, 0.5) is 0 Å². The van der Waals surface area contributed by atoms with Crippen LogP contribution in [0.2, 0.25) is 0 Å². The normalized spacial score (nSPS) is 18.2. The van der Waals surface area contributed by atoms with Gasteiger partial charge in [-0.2, -0.15) is 5.10 Å². The van der Waals surface area contributed by atoms with E-state index in [1.807, 2.05) is 17.7 Å². The molecule has 4 rings (SSSR count). The zero-order chi connectivity index (χ0) is 22.1. The third-order valence-electron chi connectivity index (χ3n) is 5.63. The summed E-state index contributed by atoms with van der Waals surface area (Å²) in [7, 11) is 1.77. The van der Waals surface area contributed by atoms with Gasteiger partial charge in [0.05, 0.1) is 28.9 Å². The number of pyridine rings is 1. The van der Waals surface area contributed by atoms with Gasteiger partial charge in [0.2, 0.25) is 0 Å². The van der Waals surface area contributed by atoms with Crippen LogP contribution in [0, 0.1) is 13.8 Å². The Morgan fingerprint density at radius 1 is 1.16 bits per heavy atom. The molecule has 1 saturated heterocycles. The second kappa shape index (κ2) is 8.17. The molecule has 1 unspecified atom stereocenters. The molecule has 1 amide bonds. The quantitative estimate of drug-likeness (QED) is 0.372. The van der Waals surface area contributed by atoms with Crippen molar-refractivity contribution in [3.63, 3.8) is 0 Å². The maximum Gasteiger partial charge on any atom is 0.295 e. The lowest BCUT2D eigenvalue weighted by Gasteiger charge is -2.24. The van der Waals surface area contributed by atoms with E-state index in [9.17, 15) is 14.7 Å². The third kappa shape index (κ3) is 3.63. The fourth-order valence-electron chi connectivity index (χ4n) is 4.05. The van der Waals surface area contributed by atoms with E-state index in [4.69, 9.17) is 0 Å². The molecule has 160 valence electrons. The Balaban J connectivity index is 1.76. The van der Waals surface area contributed by atoms with Crippen LogP contribution >= 0.6 is 0 Å². The van der Waals surface area contributed by atoms with Crippen molar-refractivity contribution in [1.82, 2.24) is 29.2 Å². The standard InChI is InChI=1S/C22H24N6O3/c1-14-17(15(2)26(3)25-14)20(29)18-19(16-7-4-5-8-24-16)28(22(31)21(18)30)11-6-10-27-12-9-23-13-27/h4-5,7-9,12-13,19,29H,6,10-11H2,1-3H3/b20-18+. The Bertz CT molecular complexity index is 1150. The third-order valence-corrected chi connectivity index (χ3v) is 5.63. The lowest BCUT2D eigenvalue weighted by atomic mass is 9.97. The van der Waals surface area contributed by atoms with E-state index in [1.165, 1.54) is 4.90 Å². The fraction of sp³-hybridized carbons (Fsp3) is 0.318. The molecule has 4 heterocycles. The van der Waals surface area contributed by atoms with Gasteiger partial charge in [0.25, 0.3) is 11.7 Å². The molecule has 9 heteroatoms. The first-order chi connectivity index (χ1) is 14.9. The van der Waals surface area contributed by atoms with Crippen molar-refractivity contribution in [2.75, 3.05) is 6.54 Å². The number of hydrogen-bond donors (Lipinski definition) is 1. The molecule has 0 aromatic carbocycles. The Labute approximate surface area is 179 Å². The van der Waals surface area contributed by atoms with Gasteiger partial charge in [0.1, 0.15) is 11.8 Å². The van der Waals surface area contributed by atoms with E-state index >= 15 is 0 Å². The minimum absolute atomic E-state index is 0.0468. The average Bonchev–Trinajstić information content (AvgIpc) is 3.43. The number of amides is 1. The SMILES string of the molecule is Cc1nn(C)c(C)c1/C(O)=C1\C(=O)C(=O)N(CCCn2ccnc2)C1c1ccccn1. The first-order valence-electron chi connectivity index (χ1n) is 10.1. The van der Waals surface area contributed by atoms with Gasteiger partial charge in [0, 0.05) is 44.4 Å². The molecule has 0 spiro atoms. The van der Waals surface area contributed by atoms with Crippen LogP contribution in [0.1, 0.15) is 35.1 Å². The number of imidazole rings is 1. The smallest absolute Gasteiger partial charge is 0.295 e. The molecule has 0 aliphatic carbocycles. The maximum atomic E-state index is 13.1. The number of carbonyl (C=O) groups excluding carboxylic acids is 2. The lowest BCUT2D eigenvalue weighted by molar-refractivity contribution is -0.140. The van der Waals surface area contributed by atoms with Crippen molar-refractivity contribution < 1.29 is 14.7 Å². The minimum atomic E-state index is -0.761. The van der Waals surface area contributed by atoms with Gasteiger partial charge in [-0.25, -0.2) is 4.98 Å². The monoisotopic (exact) mass is 420 g/mol. The van der Waals surface area contributed by atoms with Crippen LogP contribution in [-0.2, 0) is 23.2 Å². The number of aromatic nitrogens is 5. The molecule has 1 aliphatic rings. The van der Waals surface area contributed by atoms with Gasteiger partial charge in [-0.3, -0.25) is 19.3 Å². The molecule has 1 aliphatic heterocycles. The van der Waals surface area contributed by atoms with E-state index in [0.29, 0.717) is 42.2 Å². The molecule has 0 saturated carbocycles. The van der Waals surface area contributed by atoms with Crippen molar-refractivity contribution >= 4 is 17.4 Å². The van der Waals surface area contributed by atoms with Gasteiger partial charge in [-0.15, -0.1) is 0 Å². The fourth-order valence-corrected chi connectivity index (χ4v) is 4.05. The zero-order valence-corrected chi connectivity index (χ0v) is 17.7. The van der Waals surface area contributed by atoms with E-state index in [0.717, 1.165) is 0 Å². The molecule has 0 bridgehead atoms. The summed E-state index contributed by atoms with van der Waals surface area (Å²) in [5.41, 5.74) is 2.35. The van der Waals surface area contributed by atoms with Crippen molar-refractivity contribution in [2.24, 2.45) is 7.05 Å². The van der Waals surface area contributed by atoms with Crippen LogP contribution in [0.5, 0.6) is 0 Å². The van der Waals surface area contributed by atoms with Crippen molar-refractivity contribution in [3.8, 4) is 0 Å². The highest BCUT2D eigenvalue weighted by atomic mass is 16.3. The number of Topliss-reactive ketones (excluding diaryl/α,β-unsaturated/α-hetero) is 1. The number of likely N-dealkylation sites (tertiary alicyclic amines) is 1. The number of nitrogens with zero attached hydrogens (tertiary/aromatic N) is 6. The van der Waals surface area contributed by atoms with Gasteiger partial charge >= 0.3 is 0 Å². The van der Waals surface area contributed by atoms with Gasteiger partial charge in [-0.1, -0.05) is 6.07 Å². The van der Waals surface area contributed by atoms with Gasteiger partial charge in [0.15, 0.2) is 0 Å². The summed E-state index contributed by atoms with van der Waals surface area (Å²) in [6.07, 6.45) is 7.48. The molecule has 0 radical (unpaired) electrons. The number of aryl methyl sites for hydroxylation is 3. The summed E-state index contributed by atoms with van der Waals surface area (Å²) in [6, 6.07) is 4.57.